The Hall–Kier alpha value is -0.160. The molecule has 17 heavy (non-hydrogen) atoms. The first-order valence-corrected chi connectivity index (χ1v) is 7.15. The van der Waals surface area contributed by atoms with Gasteiger partial charge in [0.05, 0.1) is 12.1 Å². The molecule has 1 saturated carbocycles. The Balaban J connectivity index is 1.67. The summed E-state index contributed by atoms with van der Waals surface area (Å²) in [6.45, 7) is 7.06. The van der Waals surface area contributed by atoms with Gasteiger partial charge in [-0.25, -0.2) is 0 Å². The maximum atomic E-state index is 9.89. The van der Waals surface area contributed by atoms with Crippen LogP contribution in [0.1, 0.15) is 25.7 Å². The predicted molar refractivity (Wildman–Crippen MR) is 68.1 cm³/mol. The van der Waals surface area contributed by atoms with Crippen LogP contribution in [0.25, 0.3) is 0 Å². The average molecular weight is 239 g/mol. The van der Waals surface area contributed by atoms with Gasteiger partial charge in [-0.3, -0.25) is 9.80 Å². The Labute approximate surface area is 104 Å². The summed E-state index contributed by atoms with van der Waals surface area (Å²) >= 11 is 0. The number of hydrogen-bond donors (Lipinski definition) is 2. The molecule has 2 saturated heterocycles. The van der Waals surface area contributed by atoms with E-state index in [2.05, 4.69) is 15.1 Å². The molecule has 1 aliphatic carbocycles. The van der Waals surface area contributed by atoms with E-state index in [-0.39, 0.29) is 5.54 Å². The Morgan fingerprint density at radius 1 is 1.18 bits per heavy atom. The van der Waals surface area contributed by atoms with E-state index in [1.165, 1.54) is 25.8 Å². The van der Waals surface area contributed by atoms with Gasteiger partial charge in [0.15, 0.2) is 0 Å². The van der Waals surface area contributed by atoms with Gasteiger partial charge in [0.25, 0.3) is 0 Å². The van der Waals surface area contributed by atoms with Gasteiger partial charge in [-0.1, -0.05) is 0 Å². The fraction of sp³-hybridized carbons (Fsp3) is 1.00. The fourth-order valence-corrected chi connectivity index (χ4v) is 3.45. The van der Waals surface area contributed by atoms with Crippen molar-refractivity contribution in [1.29, 1.82) is 0 Å². The summed E-state index contributed by atoms with van der Waals surface area (Å²) in [7, 11) is 0. The second-order valence-electron chi connectivity index (χ2n) is 5.92. The molecule has 4 nitrogen and oxygen atoms in total. The molecular weight excluding hydrogens is 214 g/mol. The van der Waals surface area contributed by atoms with Crippen LogP contribution in [-0.2, 0) is 0 Å². The topological polar surface area (TPSA) is 38.7 Å². The van der Waals surface area contributed by atoms with E-state index in [9.17, 15) is 5.11 Å². The molecule has 1 unspecified atom stereocenters. The first-order chi connectivity index (χ1) is 8.34. The first-order valence-electron chi connectivity index (χ1n) is 7.15. The van der Waals surface area contributed by atoms with Crippen LogP contribution in [0.5, 0.6) is 0 Å². The summed E-state index contributed by atoms with van der Waals surface area (Å²) in [5.74, 6) is 0. The average Bonchev–Trinajstić information content (AvgIpc) is 3.15. The summed E-state index contributed by atoms with van der Waals surface area (Å²) in [5.41, 5.74) is 0.0641. The third-order valence-corrected chi connectivity index (χ3v) is 4.73. The second-order valence-corrected chi connectivity index (χ2v) is 5.92. The molecule has 98 valence electrons. The summed E-state index contributed by atoms with van der Waals surface area (Å²) in [6.07, 6.45) is 5.12. The molecule has 2 N–H and O–H groups in total. The van der Waals surface area contributed by atoms with Crippen LogP contribution in [0.4, 0.5) is 0 Å². The molecule has 0 radical (unpaired) electrons. The number of likely N-dealkylation sites (tertiary alicyclic amines) is 1. The van der Waals surface area contributed by atoms with Crippen LogP contribution in [0, 0.1) is 0 Å². The van der Waals surface area contributed by atoms with E-state index in [1.54, 1.807) is 0 Å². The lowest BCUT2D eigenvalue weighted by atomic mass is 9.96. The standard InChI is InChI=1S/C13H25N3O/c17-11-13(16-7-1-5-14-6-9-16)4-8-15(10-13)12-2-3-12/h12,14,17H,1-11H2. The van der Waals surface area contributed by atoms with E-state index in [0.717, 1.165) is 45.2 Å². The smallest absolute Gasteiger partial charge is 0.0628 e. The Kier molecular flexibility index (Phi) is 3.39. The molecule has 3 fully saturated rings. The van der Waals surface area contributed by atoms with Gasteiger partial charge < -0.3 is 10.4 Å². The van der Waals surface area contributed by atoms with Crippen LogP contribution in [0.3, 0.4) is 0 Å². The molecule has 2 heterocycles. The highest BCUT2D eigenvalue weighted by atomic mass is 16.3. The van der Waals surface area contributed by atoms with E-state index in [4.69, 9.17) is 0 Å². The molecule has 3 aliphatic rings. The zero-order valence-corrected chi connectivity index (χ0v) is 10.7. The van der Waals surface area contributed by atoms with Crippen molar-refractivity contribution in [1.82, 2.24) is 15.1 Å². The fourth-order valence-electron chi connectivity index (χ4n) is 3.45. The van der Waals surface area contributed by atoms with Crippen molar-refractivity contribution in [2.75, 3.05) is 45.9 Å². The summed E-state index contributed by atoms with van der Waals surface area (Å²) in [6, 6.07) is 0.841. The van der Waals surface area contributed by atoms with Gasteiger partial charge in [0.2, 0.25) is 0 Å². The molecule has 4 heteroatoms. The third-order valence-electron chi connectivity index (χ3n) is 4.73. The van der Waals surface area contributed by atoms with E-state index >= 15 is 0 Å². The number of nitrogens with zero attached hydrogens (tertiary/aromatic N) is 2. The van der Waals surface area contributed by atoms with Gasteiger partial charge in [-0.05, 0) is 32.2 Å². The Bertz CT molecular complexity index is 261. The van der Waals surface area contributed by atoms with E-state index < -0.39 is 0 Å². The van der Waals surface area contributed by atoms with Crippen LogP contribution in [-0.4, -0.2) is 72.4 Å². The SMILES string of the molecule is OCC1(N2CCCNCC2)CCN(C2CC2)C1. The zero-order chi connectivity index (χ0) is 11.7. The van der Waals surface area contributed by atoms with Gasteiger partial charge >= 0.3 is 0 Å². The maximum Gasteiger partial charge on any atom is 0.0628 e. The quantitative estimate of drug-likeness (QED) is 0.720. The van der Waals surface area contributed by atoms with E-state index in [1.807, 2.05) is 0 Å². The number of aliphatic hydroxyl groups is 1. The highest BCUT2D eigenvalue weighted by Crippen LogP contribution is 2.36. The minimum atomic E-state index is 0.0641. The highest BCUT2D eigenvalue weighted by Gasteiger charge is 2.46. The highest BCUT2D eigenvalue weighted by molar-refractivity contribution is 5.03. The molecule has 0 aromatic rings. The molecule has 0 amide bonds. The zero-order valence-electron chi connectivity index (χ0n) is 10.7. The molecule has 2 aliphatic heterocycles. The molecule has 0 aromatic heterocycles. The van der Waals surface area contributed by atoms with Crippen molar-refractivity contribution >= 4 is 0 Å². The molecule has 0 aromatic carbocycles. The van der Waals surface area contributed by atoms with Crippen molar-refractivity contribution in [2.45, 2.75) is 37.3 Å². The lowest BCUT2D eigenvalue weighted by Gasteiger charge is -2.39. The third kappa shape index (κ3) is 2.36. The molecular formula is C13H25N3O. The second kappa shape index (κ2) is 4.84. The Morgan fingerprint density at radius 3 is 2.82 bits per heavy atom. The Morgan fingerprint density at radius 2 is 2.06 bits per heavy atom. The van der Waals surface area contributed by atoms with Crippen molar-refractivity contribution in [3.63, 3.8) is 0 Å². The minimum Gasteiger partial charge on any atom is -0.394 e. The van der Waals surface area contributed by atoms with Crippen LogP contribution >= 0.6 is 0 Å². The van der Waals surface area contributed by atoms with Crippen LogP contribution < -0.4 is 5.32 Å². The van der Waals surface area contributed by atoms with Crippen molar-refractivity contribution in [2.24, 2.45) is 0 Å². The van der Waals surface area contributed by atoms with Gasteiger partial charge in [-0.15, -0.1) is 0 Å². The lowest BCUT2D eigenvalue weighted by Crippen LogP contribution is -2.54. The molecule has 3 rings (SSSR count). The van der Waals surface area contributed by atoms with E-state index in [0.29, 0.717) is 6.61 Å². The number of aliphatic hydroxyl groups excluding tert-OH is 1. The first kappa shape index (κ1) is 11.9. The van der Waals surface area contributed by atoms with Crippen LogP contribution in [0.15, 0.2) is 0 Å². The lowest BCUT2D eigenvalue weighted by molar-refractivity contribution is 0.0393. The maximum absolute atomic E-state index is 9.89. The minimum absolute atomic E-state index is 0.0641. The van der Waals surface area contributed by atoms with Crippen molar-refractivity contribution < 1.29 is 5.11 Å². The van der Waals surface area contributed by atoms with Gasteiger partial charge in [-0.2, -0.15) is 0 Å². The monoisotopic (exact) mass is 239 g/mol. The normalized spacial score (nSPS) is 37.2. The van der Waals surface area contributed by atoms with Gasteiger partial charge in [0, 0.05) is 38.8 Å². The number of nitrogens with one attached hydrogen (secondary N) is 1. The van der Waals surface area contributed by atoms with Crippen molar-refractivity contribution in [3.8, 4) is 0 Å². The summed E-state index contributed by atoms with van der Waals surface area (Å²) in [5, 5.41) is 13.3. The molecule has 0 spiro atoms. The van der Waals surface area contributed by atoms with Crippen LogP contribution in [0.2, 0.25) is 0 Å². The summed E-state index contributed by atoms with van der Waals surface area (Å²) < 4.78 is 0. The predicted octanol–water partition coefficient (Wildman–Crippen LogP) is -0.119. The van der Waals surface area contributed by atoms with Gasteiger partial charge in [0.1, 0.15) is 0 Å². The number of hydrogen-bond acceptors (Lipinski definition) is 4. The molecule has 1 atom stereocenters. The number of rotatable bonds is 3. The largest absolute Gasteiger partial charge is 0.394 e. The van der Waals surface area contributed by atoms with Crippen molar-refractivity contribution in [3.05, 3.63) is 0 Å². The molecule has 0 bridgehead atoms. The summed E-state index contributed by atoms with van der Waals surface area (Å²) in [4.78, 5) is 5.16.